The van der Waals surface area contributed by atoms with E-state index >= 15 is 0 Å². The van der Waals surface area contributed by atoms with Crippen molar-refractivity contribution >= 4 is 39.0 Å². The largest absolute Gasteiger partial charge is 0.456 e. The summed E-state index contributed by atoms with van der Waals surface area (Å²) in [6.45, 7) is 9.44. The molecule has 0 fully saturated rings. The van der Waals surface area contributed by atoms with Crippen LogP contribution in [-0.2, 0) is 10.8 Å². The molecule has 2 nitrogen and oxygen atoms in total. The maximum absolute atomic E-state index is 6.26. The average molecular weight is 644 g/mol. The molecule has 2 aliphatic carbocycles. The number of furan rings is 1. The first kappa shape index (κ1) is 29.1. The lowest BCUT2D eigenvalue weighted by molar-refractivity contribution is 0.660. The minimum atomic E-state index is -0.0972. The number of benzene rings is 7. The Morgan fingerprint density at radius 1 is 0.420 bits per heavy atom. The smallest absolute Gasteiger partial charge is 0.136 e. The molecule has 1 heterocycles. The van der Waals surface area contributed by atoms with Gasteiger partial charge in [0, 0.05) is 38.4 Å². The van der Waals surface area contributed by atoms with Crippen LogP contribution in [0.2, 0.25) is 0 Å². The molecule has 0 atom stereocenters. The topological polar surface area (TPSA) is 16.4 Å². The molecule has 0 bridgehead atoms. The number of para-hydroxylation sites is 1. The Morgan fingerprint density at radius 2 is 0.920 bits per heavy atom. The summed E-state index contributed by atoms with van der Waals surface area (Å²) in [7, 11) is 0. The zero-order chi connectivity index (χ0) is 33.8. The van der Waals surface area contributed by atoms with E-state index in [0.29, 0.717) is 0 Å². The van der Waals surface area contributed by atoms with Crippen molar-refractivity contribution in [3.63, 3.8) is 0 Å². The summed E-state index contributed by atoms with van der Waals surface area (Å²) in [6, 6.07) is 55.6. The predicted molar refractivity (Wildman–Crippen MR) is 209 cm³/mol. The van der Waals surface area contributed by atoms with Crippen molar-refractivity contribution in [3.8, 4) is 33.4 Å². The third-order valence-corrected chi connectivity index (χ3v) is 11.5. The van der Waals surface area contributed by atoms with Crippen LogP contribution in [0.4, 0.5) is 17.1 Å². The van der Waals surface area contributed by atoms with Gasteiger partial charge in [-0.25, -0.2) is 0 Å². The van der Waals surface area contributed by atoms with E-state index in [-0.39, 0.29) is 10.8 Å². The Bertz CT molecular complexity index is 2550. The van der Waals surface area contributed by atoms with Gasteiger partial charge in [0.2, 0.25) is 0 Å². The van der Waals surface area contributed by atoms with Crippen LogP contribution in [0.25, 0.3) is 55.3 Å². The van der Waals surface area contributed by atoms with Crippen LogP contribution >= 0.6 is 0 Å². The summed E-state index contributed by atoms with van der Waals surface area (Å²) in [5, 5.41) is 2.30. The summed E-state index contributed by atoms with van der Waals surface area (Å²) in [5.74, 6) is 0. The fourth-order valence-electron chi connectivity index (χ4n) is 8.96. The number of hydrogen-bond acceptors (Lipinski definition) is 2. The second-order valence-electron chi connectivity index (χ2n) is 14.9. The first-order valence-corrected chi connectivity index (χ1v) is 17.6. The second-order valence-corrected chi connectivity index (χ2v) is 14.9. The SMILES string of the molecule is CC1(C)c2ccccc2-c2c(N(c3ccc(-c4ccc5c(c4)oc4ccccc45)cc3)c3cccc4c3-c3ccccc3C4(C)C)cccc21. The number of fused-ring (bicyclic) bond motifs is 9. The monoisotopic (exact) mass is 643 g/mol. The summed E-state index contributed by atoms with van der Waals surface area (Å²) in [4.78, 5) is 2.51. The van der Waals surface area contributed by atoms with Crippen molar-refractivity contribution in [1.82, 2.24) is 0 Å². The molecule has 0 unspecified atom stereocenters. The van der Waals surface area contributed by atoms with Gasteiger partial charge in [0.05, 0.1) is 11.4 Å². The molecule has 0 radical (unpaired) electrons. The highest BCUT2D eigenvalue weighted by Gasteiger charge is 2.40. The lowest BCUT2D eigenvalue weighted by Gasteiger charge is -2.31. The molecule has 8 aromatic rings. The fourth-order valence-corrected chi connectivity index (χ4v) is 8.96. The van der Waals surface area contributed by atoms with Gasteiger partial charge in [0.15, 0.2) is 0 Å². The van der Waals surface area contributed by atoms with Gasteiger partial charge in [-0.1, -0.05) is 137 Å². The maximum Gasteiger partial charge on any atom is 0.136 e. The highest BCUT2D eigenvalue weighted by atomic mass is 16.3. The van der Waals surface area contributed by atoms with Gasteiger partial charge < -0.3 is 9.32 Å². The average Bonchev–Trinajstić information content (AvgIpc) is 3.72. The zero-order valence-corrected chi connectivity index (χ0v) is 28.8. The van der Waals surface area contributed by atoms with Crippen molar-refractivity contribution in [1.29, 1.82) is 0 Å². The molecule has 0 aliphatic heterocycles. The van der Waals surface area contributed by atoms with Crippen LogP contribution in [0.1, 0.15) is 49.9 Å². The van der Waals surface area contributed by atoms with E-state index in [4.69, 9.17) is 4.42 Å². The van der Waals surface area contributed by atoms with Gasteiger partial charge in [-0.3, -0.25) is 0 Å². The van der Waals surface area contributed by atoms with Crippen molar-refractivity contribution in [3.05, 3.63) is 174 Å². The molecule has 7 aromatic carbocycles. The second kappa shape index (κ2) is 10.3. The van der Waals surface area contributed by atoms with E-state index in [9.17, 15) is 0 Å². The molecule has 2 aliphatic rings. The summed E-state index contributed by atoms with van der Waals surface area (Å²) in [6.07, 6.45) is 0. The lowest BCUT2D eigenvalue weighted by Crippen LogP contribution is -2.17. The molecule has 2 heteroatoms. The van der Waals surface area contributed by atoms with Crippen LogP contribution in [0, 0.1) is 0 Å². The molecule has 1 aromatic heterocycles. The molecule has 0 saturated heterocycles. The van der Waals surface area contributed by atoms with Crippen molar-refractivity contribution in [2.45, 2.75) is 38.5 Å². The molecule has 240 valence electrons. The summed E-state index contributed by atoms with van der Waals surface area (Å²) < 4.78 is 6.26. The van der Waals surface area contributed by atoms with Gasteiger partial charge in [0.1, 0.15) is 11.2 Å². The third kappa shape index (κ3) is 3.96. The molecular weight excluding hydrogens is 607 g/mol. The summed E-state index contributed by atoms with van der Waals surface area (Å²) in [5.41, 5.74) is 18.2. The molecule has 50 heavy (non-hydrogen) atoms. The van der Waals surface area contributed by atoms with E-state index in [2.05, 4.69) is 172 Å². The molecule has 0 saturated carbocycles. The van der Waals surface area contributed by atoms with E-state index in [1.165, 1.54) is 55.9 Å². The lowest BCUT2D eigenvalue weighted by atomic mass is 9.82. The van der Waals surface area contributed by atoms with E-state index < -0.39 is 0 Å². The number of rotatable bonds is 4. The van der Waals surface area contributed by atoms with Gasteiger partial charge >= 0.3 is 0 Å². The number of anilines is 3. The van der Waals surface area contributed by atoms with Gasteiger partial charge in [-0.05, 0) is 87.0 Å². The Balaban J connectivity index is 1.19. The van der Waals surface area contributed by atoms with Crippen LogP contribution in [0.5, 0.6) is 0 Å². The van der Waals surface area contributed by atoms with Crippen LogP contribution in [-0.4, -0.2) is 0 Å². The highest BCUT2D eigenvalue weighted by Crippen LogP contribution is 2.58. The minimum Gasteiger partial charge on any atom is -0.456 e. The first-order chi connectivity index (χ1) is 24.3. The quantitative estimate of drug-likeness (QED) is 0.190. The highest BCUT2D eigenvalue weighted by molar-refractivity contribution is 6.06. The van der Waals surface area contributed by atoms with Crippen molar-refractivity contribution in [2.24, 2.45) is 0 Å². The van der Waals surface area contributed by atoms with Crippen LogP contribution in [0.15, 0.2) is 156 Å². The molecule has 0 spiro atoms. The van der Waals surface area contributed by atoms with Gasteiger partial charge in [0.25, 0.3) is 0 Å². The zero-order valence-electron chi connectivity index (χ0n) is 28.8. The third-order valence-electron chi connectivity index (χ3n) is 11.5. The van der Waals surface area contributed by atoms with Crippen molar-refractivity contribution in [2.75, 3.05) is 4.90 Å². The molecule has 10 rings (SSSR count). The summed E-state index contributed by atoms with van der Waals surface area (Å²) >= 11 is 0. The number of nitrogens with zero attached hydrogens (tertiary/aromatic N) is 1. The fraction of sp³-hybridized carbons (Fsp3) is 0.125. The Labute approximate surface area is 293 Å². The van der Waals surface area contributed by atoms with Crippen molar-refractivity contribution < 1.29 is 4.42 Å². The predicted octanol–water partition coefficient (Wildman–Crippen LogP) is 13.3. The van der Waals surface area contributed by atoms with Crippen LogP contribution < -0.4 is 4.90 Å². The molecular formula is C48H37NO. The Kier molecular flexibility index (Phi) is 6.01. The minimum absolute atomic E-state index is 0.0972. The molecule has 0 N–H and O–H groups in total. The molecule has 0 amide bonds. The van der Waals surface area contributed by atoms with Crippen LogP contribution in [0.3, 0.4) is 0 Å². The number of hydrogen-bond donors (Lipinski definition) is 0. The Hall–Kier alpha value is -5.86. The first-order valence-electron chi connectivity index (χ1n) is 17.6. The standard InChI is InChI=1S/C48H37NO/c1-47(2)37-16-8-5-14-35(37)45-39(47)18-11-20-41(45)49(42-21-12-19-40-46(42)36-15-6-9-17-38(36)48(40,3)4)32-26-23-30(24-27-32)31-25-28-34-33-13-7-10-22-43(33)50-44(34)29-31/h5-29H,1-4H3. The normalized spacial score (nSPS) is 14.7. The maximum atomic E-state index is 6.26. The van der Waals surface area contributed by atoms with E-state index in [0.717, 1.165) is 38.8 Å². The Morgan fingerprint density at radius 3 is 1.54 bits per heavy atom. The van der Waals surface area contributed by atoms with Gasteiger partial charge in [-0.15, -0.1) is 0 Å². The van der Waals surface area contributed by atoms with E-state index in [1.807, 2.05) is 12.1 Å². The van der Waals surface area contributed by atoms with Gasteiger partial charge in [-0.2, -0.15) is 0 Å². The van der Waals surface area contributed by atoms with E-state index in [1.54, 1.807) is 0 Å².